The molecule has 0 aliphatic rings. The molecule has 0 radical (unpaired) electrons. The predicted octanol–water partition coefficient (Wildman–Crippen LogP) is 3.44. The molecule has 0 bridgehead atoms. The van der Waals surface area contributed by atoms with Crippen molar-refractivity contribution in [2.45, 2.75) is 59.0 Å². The number of amides is 1. The zero-order valence-electron chi connectivity index (χ0n) is 11.6. The Morgan fingerprint density at radius 2 is 1.94 bits per heavy atom. The van der Waals surface area contributed by atoms with Crippen molar-refractivity contribution in [2.24, 2.45) is 0 Å². The number of rotatable bonds is 6. The Hall–Kier alpha value is -1.17. The van der Waals surface area contributed by atoms with E-state index in [0.717, 1.165) is 12.8 Å². The number of hydrogen-bond acceptors (Lipinski definition) is 2. The zero-order valence-corrected chi connectivity index (χ0v) is 11.6. The van der Waals surface area contributed by atoms with Gasteiger partial charge in [-0.2, -0.15) is 0 Å². The molecule has 0 unspecified atom stereocenters. The third kappa shape index (κ3) is 8.62. The SMILES string of the molecule is C#CCN(CCCCCC)C(=O)OC(C)(C)C. The van der Waals surface area contributed by atoms with Crippen LogP contribution in [0.2, 0.25) is 0 Å². The number of carbonyl (C=O) groups is 1. The van der Waals surface area contributed by atoms with Gasteiger partial charge in [0, 0.05) is 6.54 Å². The van der Waals surface area contributed by atoms with Crippen LogP contribution in [0.1, 0.15) is 53.4 Å². The Labute approximate surface area is 106 Å². The highest BCUT2D eigenvalue weighted by Gasteiger charge is 2.20. The zero-order chi connectivity index (χ0) is 13.3. The first-order valence-corrected chi connectivity index (χ1v) is 6.32. The first-order chi connectivity index (χ1) is 7.90. The Morgan fingerprint density at radius 1 is 1.29 bits per heavy atom. The summed E-state index contributed by atoms with van der Waals surface area (Å²) in [4.78, 5) is 13.4. The van der Waals surface area contributed by atoms with Crippen LogP contribution in [0.5, 0.6) is 0 Å². The molecule has 0 aliphatic carbocycles. The summed E-state index contributed by atoms with van der Waals surface area (Å²) < 4.78 is 5.30. The molecule has 0 heterocycles. The molecular weight excluding hydrogens is 214 g/mol. The van der Waals surface area contributed by atoms with Gasteiger partial charge in [0.15, 0.2) is 0 Å². The summed E-state index contributed by atoms with van der Waals surface area (Å²) in [5.74, 6) is 2.50. The van der Waals surface area contributed by atoms with Crippen molar-refractivity contribution in [3.05, 3.63) is 0 Å². The van der Waals surface area contributed by atoms with Gasteiger partial charge in [-0.1, -0.05) is 32.1 Å². The van der Waals surface area contributed by atoms with Gasteiger partial charge in [0.2, 0.25) is 0 Å². The fourth-order valence-corrected chi connectivity index (χ4v) is 1.40. The van der Waals surface area contributed by atoms with Gasteiger partial charge in [-0.3, -0.25) is 4.90 Å². The number of ether oxygens (including phenoxy) is 1. The predicted molar refractivity (Wildman–Crippen MR) is 70.8 cm³/mol. The van der Waals surface area contributed by atoms with Crippen molar-refractivity contribution in [1.82, 2.24) is 4.90 Å². The normalized spacial score (nSPS) is 10.8. The van der Waals surface area contributed by atoms with E-state index in [-0.39, 0.29) is 6.09 Å². The minimum Gasteiger partial charge on any atom is -0.444 e. The summed E-state index contributed by atoms with van der Waals surface area (Å²) in [5.41, 5.74) is -0.465. The molecule has 1 amide bonds. The fraction of sp³-hybridized carbons (Fsp3) is 0.786. The van der Waals surface area contributed by atoms with E-state index in [1.807, 2.05) is 20.8 Å². The summed E-state index contributed by atoms with van der Waals surface area (Å²) >= 11 is 0. The van der Waals surface area contributed by atoms with Crippen LogP contribution in [0, 0.1) is 12.3 Å². The third-order valence-electron chi connectivity index (χ3n) is 2.22. The number of nitrogens with zero attached hydrogens (tertiary/aromatic N) is 1. The van der Waals surface area contributed by atoms with Crippen LogP contribution >= 0.6 is 0 Å². The van der Waals surface area contributed by atoms with Gasteiger partial charge >= 0.3 is 6.09 Å². The van der Waals surface area contributed by atoms with Crippen molar-refractivity contribution in [2.75, 3.05) is 13.1 Å². The minimum absolute atomic E-state index is 0.313. The summed E-state index contributed by atoms with van der Waals surface area (Å²) in [7, 11) is 0. The first-order valence-electron chi connectivity index (χ1n) is 6.32. The Kier molecular flexibility index (Phi) is 7.45. The van der Waals surface area contributed by atoms with Crippen LogP contribution in [0.25, 0.3) is 0 Å². The van der Waals surface area contributed by atoms with E-state index in [2.05, 4.69) is 12.8 Å². The van der Waals surface area contributed by atoms with E-state index in [1.54, 1.807) is 4.90 Å². The molecule has 0 saturated heterocycles. The highest BCUT2D eigenvalue weighted by Crippen LogP contribution is 2.10. The second kappa shape index (κ2) is 8.00. The van der Waals surface area contributed by atoms with Gasteiger partial charge in [-0.25, -0.2) is 4.79 Å². The summed E-state index contributed by atoms with van der Waals surface area (Å²) in [6.45, 7) is 8.73. The van der Waals surface area contributed by atoms with Crippen LogP contribution in [-0.2, 0) is 4.74 Å². The maximum absolute atomic E-state index is 11.8. The van der Waals surface area contributed by atoms with Crippen molar-refractivity contribution >= 4 is 6.09 Å². The Balaban J connectivity index is 4.13. The van der Waals surface area contributed by atoms with Crippen LogP contribution in [-0.4, -0.2) is 29.7 Å². The number of terminal acetylenes is 1. The van der Waals surface area contributed by atoms with Crippen molar-refractivity contribution in [1.29, 1.82) is 0 Å². The molecule has 0 rings (SSSR count). The monoisotopic (exact) mass is 239 g/mol. The second-order valence-electron chi connectivity index (χ2n) is 5.17. The van der Waals surface area contributed by atoms with E-state index in [0.29, 0.717) is 13.1 Å². The molecule has 0 aromatic rings. The first kappa shape index (κ1) is 15.8. The molecule has 3 nitrogen and oxygen atoms in total. The molecule has 0 saturated carbocycles. The van der Waals surface area contributed by atoms with Gasteiger partial charge < -0.3 is 4.74 Å². The van der Waals surface area contributed by atoms with E-state index < -0.39 is 5.60 Å². The molecule has 0 N–H and O–H groups in total. The minimum atomic E-state index is -0.465. The maximum atomic E-state index is 11.8. The molecule has 0 aromatic heterocycles. The second-order valence-corrected chi connectivity index (χ2v) is 5.17. The third-order valence-corrected chi connectivity index (χ3v) is 2.22. The van der Waals surface area contributed by atoms with Crippen molar-refractivity contribution in [3.8, 4) is 12.3 Å². The topological polar surface area (TPSA) is 29.5 Å². The lowest BCUT2D eigenvalue weighted by Crippen LogP contribution is -2.37. The van der Waals surface area contributed by atoms with Crippen LogP contribution in [0.4, 0.5) is 4.79 Å². The number of hydrogen-bond donors (Lipinski definition) is 0. The van der Waals surface area contributed by atoms with Crippen molar-refractivity contribution < 1.29 is 9.53 Å². The molecule has 0 aliphatic heterocycles. The van der Waals surface area contributed by atoms with E-state index in [1.165, 1.54) is 12.8 Å². The molecule has 98 valence electrons. The summed E-state index contributed by atoms with van der Waals surface area (Å²) in [6, 6.07) is 0. The summed E-state index contributed by atoms with van der Waals surface area (Å²) in [5, 5.41) is 0. The van der Waals surface area contributed by atoms with Gasteiger partial charge in [0.05, 0.1) is 6.54 Å². The van der Waals surface area contributed by atoms with Crippen molar-refractivity contribution in [3.63, 3.8) is 0 Å². The largest absolute Gasteiger partial charge is 0.444 e. The number of carbonyl (C=O) groups excluding carboxylic acids is 1. The average Bonchev–Trinajstić information content (AvgIpc) is 2.20. The molecule has 17 heavy (non-hydrogen) atoms. The molecule has 0 fully saturated rings. The molecule has 3 heteroatoms. The highest BCUT2D eigenvalue weighted by molar-refractivity contribution is 5.68. The van der Waals surface area contributed by atoms with E-state index in [4.69, 9.17) is 11.2 Å². The lowest BCUT2D eigenvalue weighted by Gasteiger charge is -2.26. The smallest absolute Gasteiger partial charge is 0.411 e. The number of unbranched alkanes of at least 4 members (excludes halogenated alkanes) is 3. The maximum Gasteiger partial charge on any atom is 0.411 e. The van der Waals surface area contributed by atoms with Crippen LogP contribution in [0.3, 0.4) is 0 Å². The fourth-order valence-electron chi connectivity index (χ4n) is 1.40. The lowest BCUT2D eigenvalue weighted by molar-refractivity contribution is 0.0272. The Morgan fingerprint density at radius 3 is 2.41 bits per heavy atom. The van der Waals surface area contributed by atoms with Gasteiger partial charge in [-0.05, 0) is 27.2 Å². The summed E-state index contributed by atoms with van der Waals surface area (Å²) in [6.07, 6.45) is 9.43. The molecular formula is C14H25NO2. The molecule has 0 spiro atoms. The lowest BCUT2D eigenvalue weighted by atomic mass is 10.2. The molecule has 0 aromatic carbocycles. The highest BCUT2D eigenvalue weighted by atomic mass is 16.6. The molecule has 0 atom stereocenters. The van der Waals surface area contributed by atoms with Crippen LogP contribution in [0.15, 0.2) is 0 Å². The average molecular weight is 239 g/mol. The Bertz CT molecular complexity index is 260. The standard InChI is InChI=1S/C14H25NO2/c1-6-8-9-10-12-15(11-7-2)13(16)17-14(3,4)5/h2H,6,8-12H2,1,3-5H3. The van der Waals surface area contributed by atoms with Crippen LogP contribution < -0.4 is 0 Å². The van der Waals surface area contributed by atoms with Gasteiger partial charge in [-0.15, -0.1) is 6.42 Å². The quantitative estimate of drug-likeness (QED) is 0.525. The van der Waals surface area contributed by atoms with Gasteiger partial charge in [0.1, 0.15) is 5.60 Å². The van der Waals surface area contributed by atoms with E-state index >= 15 is 0 Å². The van der Waals surface area contributed by atoms with E-state index in [9.17, 15) is 4.79 Å². The van der Waals surface area contributed by atoms with Gasteiger partial charge in [0.25, 0.3) is 0 Å².